The minimum atomic E-state index is 0.579. The van der Waals surface area contributed by atoms with Crippen molar-refractivity contribution in [1.29, 1.82) is 0 Å². The number of nitrogens with zero attached hydrogens (tertiary/aromatic N) is 1. The van der Waals surface area contributed by atoms with E-state index in [1.54, 1.807) is 12.3 Å². The second kappa shape index (κ2) is 5.45. The van der Waals surface area contributed by atoms with Gasteiger partial charge in [-0.15, -0.1) is 0 Å². The molecule has 0 atom stereocenters. The number of nitrogen functional groups attached to an aromatic ring is 1. The summed E-state index contributed by atoms with van der Waals surface area (Å²) < 4.78 is 5.90. The second-order valence-electron chi connectivity index (χ2n) is 4.40. The van der Waals surface area contributed by atoms with Crippen molar-refractivity contribution in [3.8, 4) is 22.8 Å². The number of aromatic nitrogens is 1. The molecule has 2 aromatic carbocycles. The summed E-state index contributed by atoms with van der Waals surface area (Å²) in [6.07, 6.45) is 1.64. The van der Waals surface area contributed by atoms with E-state index in [-0.39, 0.29) is 0 Å². The van der Waals surface area contributed by atoms with E-state index in [0.717, 1.165) is 17.0 Å². The molecule has 0 saturated heterocycles. The van der Waals surface area contributed by atoms with E-state index in [1.807, 2.05) is 60.7 Å². The minimum absolute atomic E-state index is 0.579. The molecule has 2 N–H and O–H groups in total. The van der Waals surface area contributed by atoms with E-state index in [4.69, 9.17) is 10.5 Å². The molecule has 0 aliphatic heterocycles. The molecule has 98 valence electrons. The monoisotopic (exact) mass is 262 g/mol. The number of pyridine rings is 1. The highest BCUT2D eigenvalue weighted by molar-refractivity contribution is 5.68. The Hall–Kier alpha value is -2.81. The van der Waals surface area contributed by atoms with Crippen LogP contribution in [0.3, 0.4) is 0 Å². The standard InChI is InChI=1S/C17H14N2O/c18-14-11-16(20-15-9-5-2-6-10-15)17(19-12-14)13-7-3-1-4-8-13/h1-12H,18H2. The summed E-state index contributed by atoms with van der Waals surface area (Å²) in [6.45, 7) is 0. The van der Waals surface area contributed by atoms with E-state index in [1.165, 1.54) is 0 Å². The zero-order valence-corrected chi connectivity index (χ0v) is 10.9. The highest BCUT2D eigenvalue weighted by Crippen LogP contribution is 2.32. The van der Waals surface area contributed by atoms with Crippen LogP contribution in [0.4, 0.5) is 5.69 Å². The molecule has 0 aliphatic carbocycles. The van der Waals surface area contributed by atoms with Crippen LogP contribution in [0, 0.1) is 0 Å². The van der Waals surface area contributed by atoms with Crippen LogP contribution in [-0.4, -0.2) is 4.98 Å². The van der Waals surface area contributed by atoms with Gasteiger partial charge in [0.05, 0.1) is 11.9 Å². The Balaban J connectivity index is 2.03. The fourth-order valence-electron chi connectivity index (χ4n) is 1.97. The molecule has 0 bridgehead atoms. The first-order valence-corrected chi connectivity index (χ1v) is 6.37. The molecule has 1 heterocycles. The molecular formula is C17H14N2O. The molecular weight excluding hydrogens is 248 g/mol. The van der Waals surface area contributed by atoms with Crippen LogP contribution in [0.5, 0.6) is 11.5 Å². The highest BCUT2D eigenvalue weighted by atomic mass is 16.5. The Kier molecular flexibility index (Phi) is 3.33. The van der Waals surface area contributed by atoms with Crippen molar-refractivity contribution < 1.29 is 4.74 Å². The van der Waals surface area contributed by atoms with Crippen molar-refractivity contribution in [2.45, 2.75) is 0 Å². The van der Waals surface area contributed by atoms with Gasteiger partial charge in [0.1, 0.15) is 11.4 Å². The Morgan fingerprint density at radius 3 is 2.20 bits per heavy atom. The number of benzene rings is 2. The molecule has 20 heavy (non-hydrogen) atoms. The minimum Gasteiger partial charge on any atom is -0.455 e. The molecule has 3 aromatic rings. The third-order valence-corrected chi connectivity index (χ3v) is 2.89. The van der Waals surface area contributed by atoms with E-state index in [0.29, 0.717) is 11.4 Å². The van der Waals surface area contributed by atoms with Gasteiger partial charge in [0.2, 0.25) is 0 Å². The van der Waals surface area contributed by atoms with E-state index in [2.05, 4.69) is 4.98 Å². The summed E-state index contributed by atoms with van der Waals surface area (Å²) in [5.41, 5.74) is 8.18. The maximum atomic E-state index is 5.90. The fourth-order valence-corrected chi connectivity index (χ4v) is 1.97. The summed E-state index contributed by atoms with van der Waals surface area (Å²) >= 11 is 0. The molecule has 1 aromatic heterocycles. The van der Waals surface area contributed by atoms with Crippen molar-refractivity contribution in [2.75, 3.05) is 5.73 Å². The van der Waals surface area contributed by atoms with Gasteiger partial charge in [-0.3, -0.25) is 4.98 Å². The van der Waals surface area contributed by atoms with Gasteiger partial charge in [0.15, 0.2) is 5.75 Å². The molecule has 0 amide bonds. The van der Waals surface area contributed by atoms with Crippen LogP contribution in [0.15, 0.2) is 72.9 Å². The Bertz CT molecular complexity index is 697. The van der Waals surface area contributed by atoms with Gasteiger partial charge in [-0.25, -0.2) is 0 Å². The molecule has 0 fully saturated rings. The maximum Gasteiger partial charge on any atom is 0.155 e. The Labute approximate surface area is 117 Å². The topological polar surface area (TPSA) is 48.1 Å². The van der Waals surface area contributed by atoms with Crippen LogP contribution in [-0.2, 0) is 0 Å². The Morgan fingerprint density at radius 2 is 1.50 bits per heavy atom. The van der Waals surface area contributed by atoms with Crippen LogP contribution in [0.25, 0.3) is 11.3 Å². The highest BCUT2D eigenvalue weighted by Gasteiger charge is 2.09. The predicted molar refractivity (Wildman–Crippen MR) is 80.6 cm³/mol. The molecule has 3 rings (SSSR count). The molecule has 3 nitrogen and oxygen atoms in total. The van der Waals surface area contributed by atoms with Crippen molar-refractivity contribution >= 4 is 5.69 Å². The van der Waals surface area contributed by atoms with E-state index in [9.17, 15) is 0 Å². The molecule has 0 unspecified atom stereocenters. The van der Waals surface area contributed by atoms with Gasteiger partial charge in [0.25, 0.3) is 0 Å². The number of nitrogens with two attached hydrogens (primary N) is 1. The molecule has 0 spiro atoms. The largest absolute Gasteiger partial charge is 0.455 e. The summed E-state index contributed by atoms with van der Waals surface area (Å²) in [6, 6.07) is 21.3. The first-order chi connectivity index (χ1) is 9.83. The number of para-hydroxylation sites is 1. The van der Waals surface area contributed by atoms with Gasteiger partial charge >= 0.3 is 0 Å². The zero-order valence-electron chi connectivity index (χ0n) is 10.9. The lowest BCUT2D eigenvalue weighted by molar-refractivity contribution is 0.483. The molecule has 0 aliphatic rings. The van der Waals surface area contributed by atoms with Crippen molar-refractivity contribution in [3.63, 3.8) is 0 Å². The summed E-state index contributed by atoms with van der Waals surface area (Å²) in [5.74, 6) is 1.42. The van der Waals surface area contributed by atoms with E-state index < -0.39 is 0 Å². The number of anilines is 1. The summed E-state index contributed by atoms with van der Waals surface area (Å²) in [5, 5.41) is 0. The third-order valence-electron chi connectivity index (χ3n) is 2.89. The number of rotatable bonds is 3. The number of hydrogen-bond donors (Lipinski definition) is 1. The first kappa shape index (κ1) is 12.2. The summed E-state index contributed by atoms with van der Waals surface area (Å²) in [4.78, 5) is 4.39. The fraction of sp³-hybridized carbons (Fsp3) is 0. The predicted octanol–water partition coefficient (Wildman–Crippen LogP) is 4.12. The smallest absolute Gasteiger partial charge is 0.155 e. The number of ether oxygens (including phenoxy) is 1. The SMILES string of the molecule is Nc1cnc(-c2ccccc2)c(Oc2ccccc2)c1. The maximum absolute atomic E-state index is 5.90. The first-order valence-electron chi connectivity index (χ1n) is 6.37. The normalized spacial score (nSPS) is 10.2. The van der Waals surface area contributed by atoms with Gasteiger partial charge in [-0.2, -0.15) is 0 Å². The lowest BCUT2D eigenvalue weighted by atomic mass is 10.1. The Morgan fingerprint density at radius 1 is 0.850 bits per heavy atom. The second-order valence-corrected chi connectivity index (χ2v) is 4.40. The van der Waals surface area contributed by atoms with Gasteiger partial charge < -0.3 is 10.5 Å². The van der Waals surface area contributed by atoms with Crippen molar-refractivity contribution in [1.82, 2.24) is 4.98 Å². The van der Waals surface area contributed by atoms with Crippen LogP contribution in [0.1, 0.15) is 0 Å². The quantitative estimate of drug-likeness (QED) is 0.772. The zero-order chi connectivity index (χ0) is 13.8. The third kappa shape index (κ3) is 2.62. The van der Waals surface area contributed by atoms with Gasteiger partial charge in [-0.05, 0) is 12.1 Å². The lowest BCUT2D eigenvalue weighted by Crippen LogP contribution is -1.94. The molecule has 3 heteroatoms. The summed E-state index contributed by atoms with van der Waals surface area (Å²) in [7, 11) is 0. The van der Waals surface area contributed by atoms with Crippen LogP contribution in [0.2, 0.25) is 0 Å². The average Bonchev–Trinajstić information content (AvgIpc) is 2.49. The molecule has 0 saturated carbocycles. The molecule has 0 radical (unpaired) electrons. The lowest BCUT2D eigenvalue weighted by Gasteiger charge is -2.11. The van der Waals surface area contributed by atoms with Crippen LogP contribution >= 0.6 is 0 Å². The van der Waals surface area contributed by atoms with Gasteiger partial charge in [0, 0.05) is 11.6 Å². The average molecular weight is 262 g/mol. The van der Waals surface area contributed by atoms with E-state index >= 15 is 0 Å². The van der Waals surface area contributed by atoms with Crippen LogP contribution < -0.4 is 10.5 Å². The number of hydrogen-bond acceptors (Lipinski definition) is 3. The van der Waals surface area contributed by atoms with Crippen molar-refractivity contribution in [2.24, 2.45) is 0 Å². The van der Waals surface area contributed by atoms with Crippen molar-refractivity contribution in [3.05, 3.63) is 72.9 Å². The van der Waals surface area contributed by atoms with Gasteiger partial charge in [-0.1, -0.05) is 48.5 Å².